The second-order valence-electron chi connectivity index (χ2n) is 4.68. The molecule has 0 saturated carbocycles. The van der Waals surface area contributed by atoms with E-state index in [4.69, 9.17) is 4.55 Å². The van der Waals surface area contributed by atoms with Crippen molar-refractivity contribution >= 4 is 83.9 Å². The Balaban J connectivity index is 3.56. The Bertz CT molecular complexity index is 807. The van der Waals surface area contributed by atoms with Gasteiger partial charge in [0.05, 0.1) is 5.56 Å². The Morgan fingerprint density at radius 1 is 0.962 bits per heavy atom. The largest absolute Gasteiger partial charge is 0.438 e. The molecule has 5 nitrogen and oxygen atoms in total. The van der Waals surface area contributed by atoms with Gasteiger partial charge in [-0.15, -0.1) is 0 Å². The number of rotatable bonds is 4. The highest BCUT2D eigenvalue weighted by molar-refractivity contribution is 14.1. The quantitative estimate of drug-likeness (QED) is 0.163. The van der Waals surface area contributed by atoms with Crippen LogP contribution in [0.5, 0.6) is 0 Å². The van der Waals surface area contributed by atoms with E-state index in [-0.39, 0.29) is 3.57 Å². The summed E-state index contributed by atoms with van der Waals surface area (Å²) in [4.78, 5) is 12.0. The molecule has 0 aliphatic rings. The second-order valence-corrected chi connectivity index (χ2v) is 9.62. The van der Waals surface area contributed by atoms with Gasteiger partial charge in [0, 0.05) is 10.7 Å². The minimum absolute atomic E-state index is 0.0116. The molecular formula is C11H5F6I3O5S. The monoisotopic (exact) mass is 744 g/mol. The van der Waals surface area contributed by atoms with Crippen molar-refractivity contribution in [2.45, 2.75) is 18.0 Å². The van der Waals surface area contributed by atoms with Crippen molar-refractivity contribution in [2.24, 2.45) is 0 Å². The maximum absolute atomic E-state index is 13.1. The van der Waals surface area contributed by atoms with Crippen molar-refractivity contribution in [1.82, 2.24) is 0 Å². The van der Waals surface area contributed by atoms with Crippen molar-refractivity contribution in [1.29, 1.82) is 0 Å². The first kappa shape index (κ1) is 24.4. The molecule has 15 heteroatoms. The smallest absolute Gasteiger partial charge is 0.435 e. The van der Waals surface area contributed by atoms with Gasteiger partial charge in [-0.05, 0) is 79.9 Å². The van der Waals surface area contributed by atoms with E-state index < -0.39 is 45.4 Å². The van der Waals surface area contributed by atoms with Crippen LogP contribution in [0.25, 0.3) is 0 Å². The van der Waals surface area contributed by atoms with Crippen LogP contribution in [0.4, 0.5) is 26.3 Å². The average molecular weight is 744 g/mol. The first-order chi connectivity index (χ1) is 11.4. The number of esters is 1. The molecular weight excluding hydrogens is 739 g/mol. The zero-order chi connectivity index (χ0) is 20.7. The highest BCUT2D eigenvalue weighted by Crippen LogP contribution is 2.47. The van der Waals surface area contributed by atoms with Gasteiger partial charge in [-0.1, -0.05) is 0 Å². The molecule has 0 fully saturated rings. The minimum atomic E-state index is -6.36. The van der Waals surface area contributed by atoms with E-state index in [0.29, 0.717) is 7.14 Å². The molecule has 0 aromatic heterocycles. The first-order valence-electron chi connectivity index (χ1n) is 5.88. The SMILES string of the molecule is O=C(OC(CS(=O)(=O)O)(C(F)(F)F)C(F)(F)F)c1cc(I)c(I)cc1I. The molecule has 1 N–H and O–H groups in total. The van der Waals surface area contributed by atoms with Crippen molar-refractivity contribution < 1.29 is 48.8 Å². The fraction of sp³-hybridized carbons (Fsp3) is 0.364. The zero-order valence-electron chi connectivity index (χ0n) is 11.8. The number of benzene rings is 1. The molecule has 1 aromatic carbocycles. The van der Waals surface area contributed by atoms with E-state index in [0.717, 1.165) is 6.07 Å². The van der Waals surface area contributed by atoms with Gasteiger partial charge in [0.1, 0.15) is 5.75 Å². The summed E-state index contributed by atoms with van der Waals surface area (Å²) in [6.45, 7) is 0. The molecule has 0 atom stereocenters. The number of hydrogen-bond acceptors (Lipinski definition) is 4. The molecule has 1 rings (SSSR count). The van der Waals surface area contributed by atoms with E-state index in [1.54, 1.807) is 22.6 Å². The molecule has 0 saturated heterocycles. The highest BCUT2D eigenvalue weighted by atomic mass is 127. The lowest BCUT2D eigenvalue weighted by Gasteiger charge is -2.35. The van der Waals surface area contributed by atoms with Crippen LogP contribution < -0.4 is 0 Å². The van der Waals surface area contributed by atoms with E-state index >= 15 is 0 Å². The number of ether oxygens (including phenoxy) is 1. The summed E-state index contributed by atoms with van der Waals surface area (Å²) in [5, 5.41) is 0. The van der Waals surface area contributed by atoms with Gasteiger partial charge in [-0.3, -0.25) is 4.55 Å². The molecule has 0 aliphatic heterocycles. The predicted octanol–water partition coefficient (Wildman–Crippen LogP) is 4.41. The topological polar surface area (TPSA) is 80.7 Å². The second kappa shape index (κ2) is 8.01. The predicted molar refractivity (Wildman–Crippen MR) is 101 cm³/mol. The fourth-order valence-electron chi connectivity index (χ4n) is 1.62. The van der Waals surface area contributed by atoms with Gasteiger partial charge in [0.15, 0.2) is 0 Å². The highest BCUT2D eigenvalue weighted by Gasteiger charge is 2.76. The standard InChI is InChI=1S/C11H5F6I3O5S/c12-10(13,14)9(11(15,16)17,3-26(22,23)24)25-8(21)4-1-6(19)7(20)2-5(4)18/h1-2H,3H2,(H,22,23,24). The molecule has 148 valence electrons. The number of halogens is 9. The molecule has 26 heavy (non-hydrogen) atoms. The van der Waals surface area contributed by atoms with E-state index in [1.807, 2.05) is 22.6 Å². The van der Waals surface area contributed by atoms with Crippen LogP contribution in [0.15, 0.2) is 12.1 Å². The van der Waals surface area contributed by atoms with Crippen molar-refractivity contribution in [3.8, 4) is 0 Å². The Hall–Kier alpha value is 0.370. The van der Waals surface area contributed by atoms with Crippen LogP contribution in [0, 0.1) is 10.7 Å². The molecule has 0 radical (unpaired) electrons. The summed E-state index contributed by atoms with van der Waals surface area (Å²) in [5.41, 5.74) is -6.05. The van der Waals surface area contributed by atoms with Gasteiger partial charge in [-0.2, -0.15) is 34.8 Å². The third kappa shape index (κ3) is 5.46. The maximum atomic E-state index is 13.1. The zero-order valence-corrected chi connectivity index (χ0v) is 19.0. The van der Waals surface area contributed by atoms with Crippen LogP contribution in [0.2, 0.25) is 0 Å². The van der Waals surface area contributed by atoms with Gasteiger partial charge in [-0.25, -0.2) is 4.79 Å². The summed E-state index contributed by atoms with van der Waals surface area (Å²) in [6, 6.07) is 2.31. The van der Waals surface area contributed by atoms with Crippen molar-refractivity contribution in [3.63, 3.8) is 0 Å². The third-order valence-electron chi connectivity index (χ3n) is 2.80. The van der Waals surface area contributed by atoms with Crippen LogP contribution in [0.1, 0.15) is 10.4 Å². The van der Waals surface area contributed by atoms with Gasteiger partial charge in [0.2, 0.25) is 0 Å². The lowest BCUT2D eigenvalue weighted by Crippen LogP contribution is -2.63. The number of alkyl halides is 6. The fourth-order valence-corrected chi connectivity index (χ4v) is 4.74. The lowest BCUT2D eigenvalue weighted by atomic mass is 10.1. The molecule has 0 aliphatic carbocycles. The van der Waals surface area contributed by atoms with E-state index in [9.17, 15) is 39.6 Å². The van der Waals surface area contributed by atoms with Gasteiger partial charge in [0.25, 0.3) is 10.1 Å². The molecule has 0 heterocycles. The van der Waals surface area contributed by atoms with Gasteiger partial charge < -0.3 is 4.74 Å². The Morgan fingerprint density at radius 2 is 1.38 bits per heavy atom. The van der Waals surface area contributed by atoms with Crippen LogP contribution in [-0.2, 0) is 14.9 Å². The Labute approximate surface area is 183 Å². The molecule has 0 bridgehead atoms. The average Bonchev–Trinajstić information content (AvgIpc) is 2.37. The summed E-state index contributed by atoms with van der Waals surface area (Å²) >= 11 is 5.02. The van der Waals surface area contributed by atoms with E-state index in [1.165, 1.54) is 28.7 Å². The number of carbonyl (C=O) groups excluding carboxylic acids is 1. The van der Waals surface area contributed by atoms with Crippen LogP contribution in [0.3, 0.4) is 0 Å². The van der Waals surface area contributed by atoms with Crippen molar-refractivity contribution in [2.75, 3.05) is 5.75 Å². The summed E-state index contributed by atoms with van der Waals surface area (Å²) < 4.78 is 114. The Kier molecular flexibility index (Phi) is 7.52. The molecule has 0 spiro atoms. The lowest BCUT2D eigenvalue weighted by molar-refractivity contribution is -0.356. The van der Waals surface area contributed by atoms with Crippen LogP contribution >= 0.6 is 67.8 Å². The first-order valence-corrected chi connectivity index (χ1v) is 10.7. The maximum Gasteiger partial charge on any atom is 0.438 e. The third-order valence-corrected chi connectivity index (χ3v) is 7.28. The summed E-state index contributed by atoms with van der Waals surface area (Å²) in [6.07, 6.45) is -12.7. The van der Waals surface area contributed by atoms with Crippen molar-refractivity contribution in [3.05, 3.63) is 28.4 Å². The van der Waals surface area contributed by atoms with Crippen LogP contribution in [-0.4, -0.2) is 42.6 Å². The minimum Gasteiger partial charge on any atom is -0.435 e. The molecule has 0 amide bonds. The summed E-state index contributed by atoms with van der Waals surface area (Å²) in [5.74, 6) is -4.96. The van der Waals surface area contributed by atoms with Gasteiger partial charge >= 0.3 is 23.9 Å². The number of hydrogen-bond donors (Lipinski definition) is 1. The number of carbonyl (C=O) groups is 1. The normalized spacial score (nSPS) is 13.6. The molecule has 0 unspecified atom stereocenters. The Morgan fingerprint density at radius 3 is 1.77 bits per heavy atom. The van der Waals surface area contributed by atoms with E-state index in [2.05, 4.69) is 4.74 Å². The summed E-state index contributed by atoms with van der Waals surface area (Å²) in [7, 11) is -5.82. The molecule has 1 aromatic rings.